The molecule has 0 radical (unpaired) electrons. The van der Waals surface area contributed by atoms with E-state index in [0.717, 1.165) is 0 Å². The van der Waals surface area contributed by atoms with Crippen molar-refractivity contribution >= 4 is 23.7 Å². The Morgan fingerprint density at radius 2 is 1.83 bits per heavy atom. The first-order valence-electron chi connectivity index (χ1n) is 6.79. The summed E-state index contributed by atoms with van der Waals surface area (Å²) in [5, 5.41) is 4.06. The molecule has 0 heterocycles. The summed E-state index contributed by atoms with van der Waals surface area (Å²) in [5.41, 5.74) is 2.52. The van der Waals surface area contributed by atoms with Gasteiger partial charge >= 0.3 is 6.61 Å². The normalized spacial score (nSPS) is 10.8. The molecule has 0 aromatic heterocycles. The molecule has 0 saturated carbocycles. The molecule has 2 rings (SSSR count). The third kappa shape index (κ3) is 5.51. The highest BCUT2D eigenvalue weighted by molar-refractivity contribution is 6.32. The summed E-state index contributed by atoms with van der Waals surface area (Å²) in [5.74, 6) is -0.203. The van der Waals surface area contributed by atoms with Crippen LogP contribution in [-0.2, 0) is 4.79 Å². The van der Waals surface area contributed by atoms with Crippen LogP contribution in [0.1, 0.15) is 5.56 Å². The molecule has 24 heavy (non-hydrogen) atoms. The number of hydrogen-bond acceptors (Lipinski definition) is 4. The quantitative estimate of drug-likeness (QED) is 0.612. The Morgan fingerprint density at radius 3 is 2.54 bits per heavy atom. The number of hydrazone groups is 1. The van der Waals surface area contributed by atoms with Crippen LogP contribution in [0.3, 0.4) is 0 Å². The minimum atomic E-state index is -2.95. The van der Waals surface area contributed by atoms with Crippen LogP contribution in [0.4, 0.5) is 8.78 Å². The number of carbonyl (C=O) groups excluding carboxylic acids is 1. The molecule has 0 unspecified atom stereocenters. The number of nitrogens with one attached hydrogen (secondary N) is 1. The molecule has 0 bridgehead atoms. The van der Waals surface area contributed by atoms with E-state index in [4.69, 9.17) is 16.3 Å². The van der Waals surface area contributed by atoms with Gasteiger partial charge in [-0.3, -0.25) is 4.79 Å². The molecule has 0 atom stereocenters. The molecule has 0 spiro atoms. The van der Waals surface area contributed by atoms with E-state index >= 15 is 0 Å². The van der Waals surface area contributed by atoms with Gasteiger partial charge in [0.25, 0.3) is 5.91 Å². The second-order valence-corrected chi connectivity index (χ2v) is 4.84. The zero-order valence-electron chi connectivity index (χ0n) is 12.3. The lowest BCUT2D eigenvalue weighted by molar-refractivity contribution is -0.123. The zero-order chi connectivity index (χ0) is 17.4. The third-order valence-electron chi connectivity index (χ3n) is 2.72. The van der Waals surface area contributed by atoms with E-state index in [-0.39, 0.29) is 12.4 Å². The van der Waals surface area contributed by atoms with E-state index in [2.05, 4.69) is 15.3 Å². The Hall–Kier alpha value is -2.67. The Bertz CT molecular complexity index is 726. The van der Waals surface area contributed by atoms with E-state index in [1.165, 1.54) is 18.3 Å². The maximum absolute atomic E-state index is 12.3. The second-order valence-electron chi connectivity index (χ2n) is 4.43. The highest BCUT2D eigenvalue weighted by Gasteiger charge is 2.08. The van der Waals surface area contributed by atoms with Crippen molar-refractivity contribution in [3.8, 4) is 11.5 Å². The zero-order valence-corrected chi connectivity index (χ0v) is 13.0. The fraction of sp³-hybridized carbons (Fsp3) is 0.125. The van der Waals surface area contributed by atoms with E-state index in [9.17, 15) is 13.6 Å². The number of rotatable bonds is 7. The first-order chi connectivity index (χ1) is 11.6. The van der Waals surface area contributed by atoms with Gasteiger partial charge in [-0.15, -0.1) is 0 Å². The van der Waals surface area contributed by atoms with Crippen molar-refractivity contribution in [3.63, 3.8) is 0 Å². The number of benzene rings is 2. The van der Waals surface area contributed by atoms with Gasteiger partial charge in [0.05, 0.1) is 11.2 Å². The molecule has 2 aromatic carbocycles. The lowest BCUT2D eigenvalue weighted by atomic mass is 10.2. The molecule has 8 heteroatoms. The van der Waals surface area contributed by atoms with Gasteiger partial charge in [-0.05, 0) is 24.3 Å². The van der Waals surface area contributed by atoms with Crippen LogP contribution in [0.25, 0.3) is 0 Å². The maximum Gasteiger partial charge on any atom is 0.387 e. The van der Waals surface area contributed by atoms with Gasteiger partial charge in [0, 0.05) is 5.56 Å². The monoisotopic (exact) mass is 354 g/mol. The van der Waals surface area contributed by atoms with Gasteiger partial charge in [0.2, 0.25) is 0 Å². The smallest absolute Gasteiger partial charge is 0.387 e. The van der Waals surface area contributed by atoms with Crippen LogP contribution in [0.5, 0.6) is 11.5 Å². The Labute approximate surface area is 141 Å². The standard InChI is InChI=1S/C16H13ClF2N2O3/c17-12-6-2-4-8-14(12)23-10-15(22)21-20-9-11-5-1-3-7-13(11)24-16(18)19/h1-9,16H,10H2,(H,21,22)/b20-9-. The van der Waals surface area contributed by atoms with Crippen molar-refractivity contribution in [3.05, 3.63) is 59.1 Å². The Balaban J connectivity index is 1.88. The van der Waals surface area contributed by atoms with Crippen molar-refractivity contribution in [2.75, 3.05) is 6.61 Å². The molecule has 2 aromatic rings. The second kappa shape index (κ2) is 8.83. The van der Waals surface area contributed by atoms with Gasteiger partial charge in [-0.1, -0.05) is 35.9 Å². The number of amides is 1. The molecule has 1 amide bonds. The number of nitrogens with zero attached hydrogens (tertiary/aromatic N) is 1. The number of alkyl halides is 2. The van der Waals surface area contributed by atoms with Crippen molar-refractivity contribution in [1.82, 2.24) is 5.43 Å². The van der Waals surface area contributed by atoms with Crippen LogP contribution in [0.15, 0.2) is 53.6 Å². The van der Waals surface area contributed by atoms with Crippen molar-refractivity contribution in [2.24, 2.45) is 5.10 Å². The summed E-state index contributed by atoms with van der Waals surface area (Å²) in [6.45, 7) is -3.24. The molecular formula is C16H13ClF2N2O3. The molecule has 0 aliphatic carbocycles. The van der Waals surface area contributed by atoms with Gasteiger partial charge < -0.3 is 9.47 Å². The average molecular weight is 355 g/mol. The van der Waals surface area contributed by atoms with Gasteiger partial charge in [-0.2, -0.15) is 13.9 Å². The summed E-state index contributed by atoms with van der Waals surface area (Å²) < 4.78 is 34.1. The molecule has 0 aliphatic heterocycles. The number of ether oxygens (including phenoxy) is 2. The van der Waals surface area contributed by atoms with E-state index < -0.39 is 12.5 Å². The number of hydrogen-bond donors (Lipinski definition) is 1. The molecular weight excluding hydrogens is 342 g/mol. The highest BCUT2D eigenvalue weighted by Crippen LogP contribution is 2.22. The fourth-order valence-electron chi connectivity index (χ4n) is 1.70. The summed E-state index contributed by atoms with van der Waals surface area (Å²) in [6.07, 6.45) is 1.20. The largest absolute Gasteiger partial charge is 0.482 e. The topological polar surface area (TPSA) is 59.9 Å². The number of halogens is 3. The minimum Gasteiger partial charge on any atom is -0.482 e. The van der Waals surface area contributed by atoms with E-state index in [0.29, 0.717) is 16.3 Å². The highest BCUT2D eigenvalue weighted by atomic mass is 35.5. The van der Waals surface area contributed by atoms with Gasteiger partial charge in [-0.25, -0.2) is 5.43 Å². The average Bonchev–Trinajstić information content (AvgIpc) is 2.55. The lowest BCUT2D eigenvalue weighted by Crippen LogP contribution is -2.24. The molecule has 1 N–H and O–H groups in total. The Kier molecular flexibility index (Phi) is 6.51. The predicted octanol–water partition coefficient (Wildman–Crippen LogP) is 3.47. The predicted molar refractivity (Wildman–Crippen MR) is 85.8 cm³/mol. The number of para-hydroxylation sites is 2. The van der Waals surface area contributed by atoms with Crippen LogP contribution in [-0.4, -0.2) is 25.3 Å². The van der Waals surface area contributed by atoms with Crippen LogP contribution >= 0.6 is 11.6 Å². The lowest BCUT2D eigenvalue weighted by Gasteiger charge is -2.07. The van der Waals surface area contributed by atoms with Crippen LogP contribution in [0, 0.1) is 0 Å². The molecule has 0 saturated heterocycles. The van der Waals surface area contributed by atoms with Crippen molar-refractivity contribution in [1.29, 1.82) is 0 Å². The Morgan fingerprint density at radius 1 is 1.17 bits per heavy atom. The third-order valence-corrected chi connectivity index (χ3v) is 3.04. The van der Waals surface area contributed by atoms with Crippen molar-refractivity contribution in [2.45, 2.75) is 6.61 Å². The summed E-state index contributed by atoms with van der Waals surface area (Å²) in [4.78, 5) is 11.6. The molecule has 0 aliphatic rings. The molecule has 126 valence electrons. The molecule has 5 nitrogen and oxygen atoms in total. The molecule has 0 fully saturated rings. The van der Waals surface area contributed by atoms with E-state index in [1.54, 1.807) is 36.4 Å². The van der Waals surface area contributed by atoms with Crippen LogP contribution in [0.2, 0.25) is 5.02 Å². The van der Waals surface area contributed by atoms with Crippen LogP contribution < -0.4 is 14.9 Å². The summed E-state index contributed by atoms with van der Waals surface area (Å²) >= 11 is 5.89. The SMILES string of the molecule is O=C(COc1ccccc1Cl)N/N=C\c1ccccc1OC(F)F. The van der Waals surface area contributed by atoms with Gasteiger partial charge in [0.15, 0.2) is 6.61 Å². The first kappa shape index (κ1) is 17.7. The van der Waals surface area contributed by atoms with Gasteiger partial charge in [0.1, 0.15) is 11.5 Å². The minimum absolute atomic E-state index is 0.0437. The van der Waals surface area contributed by atoms with E-state index in [1.807, 2.05) is 0 Å². The fourth-order valence-corrected chi connectivity index (χ4v) is 1.89. The number of carbonyl (C=O) groups is 1. The summed E-state index contributed by atoms with van der Waals surface area (Å²) in [6, 6.07) is 12.8. The summed E-state index contributed by atoms with van der Waals surface area (Å²) in [7, 11) is 0. The first-order valence-corrected chi connectivity index (χ1v) is 7.17. The van der Waals surface area contributed by atoms with Crippen molar-refractivity contribution < 1.29 is 23.0 Å². The maximum atomic E-state index is 12.3.